The van der Waals surface area contributed by atoms with Crippen LogP contribution in [-0.2, 0) is 15.6 Å². The van der Waals surface area contributed by atoms with Crippen LogP contribution in [-0.4, -0.2) is 42.2 Å². The smallest absolute Gasteiger partial charge is 0.303 e. The fraction of sp³-hybridized carbons (Fsp3) is 0.435. The average molecular weight is 447 g/mol. The standard InChI is InChI=1S/C23H30O7Si/c1-14(24)30-22(15-8-20(25-2)23(27-4)21(9-15)26-3)17-11-19-18(28-13-29-19)10-16(17)12-31(5,6)7/h8-11,22H,12-13H2,1-7H3. The van der Waals surface area contributed by atoms with E-state index in [0.29, 0.717) is 34.3 Å². The minimum atomic E-state index is -1.51. The third-order valence-corrected chi connectivity index (χ3v) is 6.35. The number of esters is 1. The van der Waals surface area contributed by atoms with Crippen molar-refractivity contribution in [2.45, 2.75) is 38.7 Å². The van der Waals surface area contributed by atoms with Gasteiger partial charge in [-0.15, -0.1) is 0 Å². The van der Waals surface area contributed by atoms with E-state index in [4.69, 9.17) is 28.4 Å². The number of hydrogen-bond acceptors (Lipinski definition) is 7. The number of fused-ring (bicyclic) bond motifs is 1. The summed E-state index contributed by atoms with van der Waals surface area (Å²) >= 11 is 0. The number of rotatable bonds is 8. The van der Waals surface area contributed by atoms with E-state index in [1.165, 1.54) is 6.92 Å². The number of hydrogen-bond donors (Lipinski definition) is 0. The molecule has 1 heterocycles. The van der Waals surface area contributed by atoms with Crippen molar-refractivity contribution in [3.05, 3.63) is 41.0 Å². The summed E-state index contributed by atoms with van der Waals surface area (Å²) in [5, 5.41) is 0. The molecule has 31 heavy (non-hydrogen) atoms. The van der Waals surface area contributed by atoms with Crippen LogP contribution >= 0.6 is 0 Å². The van der Waals surface area contributed by atoms with E-state index in [9.17, 15) is 4.79 Å². The van der Waals surface area contributed by atoms with Gasteiger partial charge in [0.25, 0.3) is 0 Å². The third kappa shape index (κ3) is 5.07. The Labute approximate surface area is 184 Å². The summed E-state index contributed by atoms with van der Waals surface area (Å²) in [7, 11) is 3.15. The van der Waals surface area contributed by atoms with Crippen LogP contribution < -0.4 is 23.7 Å². The van der Waals surface area contributed by atoms with Crippen molar-refractivity contribution in [3.8, 4) is 28.7 Å². The normalized spacial score (nSPS) is 13.5. The third-order valence-electron chi connectivity index (χ3n) is 4.91. The Bertz CT molecular complexity index is 940. The molecule has 0 spiro atoms. The first kappa shape index (κ1) is 22.8. The molecule has 2 aromatic rings. The predicted octanol–water partition coefficient (Wildman–Crippen LogP) is 4.51. The lowest BCUT2D eigenvalue weighted by molar-refractivity contribution is -0.144. The average Bonchev–Trinajstić information content (AvgIpc) is 3.16. The van der Waals surface area contributed by atoms with Gasteiger partial charge in [0, 0.05) is 26.1 Å². The molecular formula is C23H30O7Si. The Balaban J connectivity index is 2.22. The molecule has 0 saturated carbocycles. The Kier molecular flexibility index (Phi) is 6.69. The number of ether oxygens (including phenoxy) is 6. The largest absolute Gasteiger partial charge is 0.493 e. The van der Waals surface area contributed by atoms with E-state index in [2.05, 4.69) is 19.6 Å². The molecule has 168 valence electrons. The molecule has 0 bridgehead atoms. The van der Waals surface area contributed by atoms with Crippen LogP contribution in [0.5, 0.6) is 28.7 Å². The lowest BCUT2D eigenvalue weighted by Crippen LogP contribution is -2.25. The number of methoxy groups -OCH3 is 3. The van der Waals surface area contributed by atoms with Gasteiger partial charge in [-0.3, -0.25) is 4.79 Å². The fourth-order valence-corrected chi connectivity index (χ4v) is 5.15. The first-order chi connectivity index (χ1) is 14.7. The highest BCUT2D eigenvalue weighted by atomic mass is 28.3. The summed E-state index contributed by atoms with van der Waals surface area (Å²) in [4.78, 5) is 12.1. The molecule has 0 aliphatic carbocycles. The molecule has 2 aromatic carbocycles. The van der Waals surface area contributed by atoms with Crippen molar-refractivity contribution in [2.24, 2.45) is 0 Å². The monoisotopic (exact) mass is 446 g/mol. The molecule has 0 fully saturated rings. The van der Waals surface area contributed by atoms with Gasteiger partial charge in [0.2, 0.25) is 12.5 Å². The van der Waals surface area contributed by atoms with Crippen LogP contribution in [0.3, 0.4) is 0 Å². The van der Waals surface area contributed by atoms with Crippen molar-refractivity contribution < 1.29 is 33.2 Å². The van der Waals surface area contributed by atoms with Gasteiger partial charge in [-0.05, 0) is 35.9 Å². The van der Waals surface area contributed by atoms with Gasteiger partial charge in [-0.1, -0.05) is 19.6 Å². The van der Waals surface area contributed by atoms with Crippen molar-refractivity contribution in [1.82, 2.24) is 0 Å². The SMILES string of the molecule is COc1cc(C(OC(C)=O)c2cc3c(cc2C[Si](C)(C)C)OCO3)cc(OC)c1OC. The molecule has 0 amide bonds. The minimum Gasteiger partial charge on any atom is -0.493 e. The number of carbonyl (C=O) groups is 1. The van der Waals surface area contributed by atoms with Gasteiger partial charge in [-0.2, -0.15) is 0 Å². The Morgan fingerprint density at radius 3 is 2.03 bits per heavy atom. The lowest BCUT2D eigenvalue weighted by Gasteiger charge is -2.25. The van der Waals surface area contributed by atoms with Crippen LogP contribution in [0, 0.1) is 0 Å². The molecule has 1 unspecified atom stereocenters. The zero-order valence-electron chi connectivity index (χ0n) is 19.2. The highest BCUT2D eigenvalue weighted by Crippen LogP contribution is 2.44. The van der Waals surface area contributed by atoms with E-state index in [1.807, 2.05) is 12.1 Å². The topological polar surface area (TPSA) is 72.5 Å². The van der Waals surface area contributed by atoms with Crippen molar-refractivity contribution >= 4 is 14.0 Å². The number of carbonyl (C=O) groups excluding carboxylic acids is 1. The zero-order chi connectivity index (χ0) is 22.8. The highest BCUT2D eigenvalue weighted by Gasteiger charge is 2.29. The minimum absolute atomic E-state index is 0.174. The molecule has 1 atom stereocenters. The van der Waals surface area contributed by atoms with Gasteiger partial charge in [-0.25, -0.2) is 0 Å². The maximum absolute atomic E-state index is 12.1. The molecule has 3 rings (SSSR count). The van der Waals surface area contributed by atoms with E-state index < -0.39 is 20.1 Å². The molecule has 7 nitrogen and oxygen atoms in total. The molecule has 0 aromatic heterocycles. The van der Waals surface area contributed by atoms with Crippen LogP contribution in [0.2, 0.25) is 19.6 Å². The van der Waals surface area contributed by atoms with Crippen molar-refractivity contribution in [2.75, 3.05) is 28.1 Å². The second kappa shape index (κ2) is 9.09. The predicted molar refractivity (Wildman–Crippen MR) is 119 cm³/mol. The van der Waals surface area contributed by atoms with Gasteiger partial charge < -0.3 is 28.4 Å². The quantitative estimate of drug-likeness (QED) is 0.436. The second-order valence-corrected chi connectivity index (χ2v) is 14.1. The van der Waals surface area contributed by atoms with E-state index >= 15 is 0 Å². The molecule has 1 aliphatic rings. The maximum Gasteiger partial charge on any atom is 0.303 e. The van der Waals surface area contributed by atoms with E-state index in [0.717, 1.165) is 17.2 Å². The van der Waals surface area contributed by atoms with Gasteiger partial charge in [0.15, 0.2) is 29.1 Å². The summed E-state index contributed by atoms with van der Waals surface area (Å²) in [5.74, 6) is 2.41. The Hall–Kier alpha value is -2.87. The first-order valence-electron chi connectivity index (χ1n) is 10.1. The Morgan fingerprint density at radius 2 is 1.55 bits per heavy atom. The second-order valence-electron chi connectivity index (χ2n) is 8.59. The summed E-state index contributed by atoms with van der Waals surface area (Å²) < 4.78 is 33.5. The zero-order valence-corrected chi connectivity index (χ0v) is 20.2. The molecule has 0 radical (unpaired) electrons. The maximum atomic E-state index is 12.1. The van der Waals surface area contributed by atoms with Crippen LogP contribution in [0.15, 0.2) is 24.3 Å². The molecule has 8 heteroatoms. The van der Waals surface area contributed by atoms with Crippen LogP contribution in [0.1, 0.15) is 29.7 Å². The molecular weight excluding hydrogens is 416 g/mol. The summed E-state index contributed by atoms with van der Waals surface area (Å²) in [6, 6.07) is 8.41. The highest BCUT2D eigenvalue weighted by molar-refractivity contribution is 6.75. The van der Waals surface area contributed by atoms with Gasteiger partial charge in [0.05, 0.1) is 21.3 Å². The van der Waals surface area contributed by atoms with Gasteiger partial charge >= 0.3 is 5.97 Å². The molecule has 0 N–H and O–H groups in total. The lowest BCUT2D eigenvalue weighted by atomic mass is 9.95. The summed E-state index contributed by atoms with van der Waals surface area (Å²) in [6.45, 7) is 8.45. The van der Waals surface area contributed by atoms with Crippen molar-refractivity contribution in [1.29, 1.82) is 0 Å². The van der Waals surface area contributed by atoms with Crippen LogP contribution in [0.25, 0.3) is 0 Å². The molecule has 1 aliphatic heterocycles. The Morgan fingerprint density at radius 1 is 0.968 bits per heavy atom. The molecule has 0 saturated heterocycles. The summed E-state index contributed by atoms with van der Waals surface area (Å²) in [6.07, 6.45) is -0.674. The summed E-state index contributed by atoms with van der Waals surface area (Å²) in [5.41, 5.74) is 2.64. The van der Waals surface area contributed by atoms with E-state index in [-0.39, 0.29) is 6.79 Å². The van der Waals surface area contributed by atoms with Crippen LogP contribution in [0.4, 0.5) is 0 Å². The van der Waals surface area contributed by atoms with Gasteiger partial charge in [0.1, 0.15) is 0 Å². The number of benzene rings is 2. The van der Waals surface area contributed by atoms with Crippen molar-refractivity contribution in [3.63, 3.8) is 0 Å². The van der Waals surface area contributed by atoms with E-state index in [1.54, 1.807) is 33.5 Å². The first-order valence-corrected chi connectivity index (χ1v) is 13.8. The fourth-order valence-electron chi connectivity index (χ4n) is 3.70.